The first-order valence-electron chi connectivity index (χ1n) is 10.2. The van der Waals surface area contributed by atoms with Crippen LogP contribution in [0.2, 0.25) is 0 Å². The van der Waals surface area contributed by atoms with Crippen molar-refractivity contribution >= 4 is 5.69 Å². The van der Waals surface area contributed by atoms with E-state index in [9.17, 15) is 0 Å². The van der Waals surface area contributed by atoms with Gasteiger partial charge in [0.1, 0.15) is 0 Å². The molecule has 0 spiro atoms. The molecule has 3 nitrogen and oxygen atoms in total. The van der Waals surface area contributed by atoms with E-state index in [2.05, 4.69) is 71.0 Å². The standard InChI is InChI=1S/C23H31N3/c1-2-24-12-11-22-15-21(17-26(22)16-18-6-4-3-5-7-18)19-8-9-23-20(14-19)10-13-25-23/h3-9,14,21-22,24-25H,2,10-13,15-17H2,1H3. The van der Waals surface area contributed by atoms with Crippen LogP contribution in [0.4, 0.5) is 5.69 Å². The van der Waals surface area contributed by atoms with Crippen LogP contribution in [0.3, 0.4) is 0 Å². The molecule has 2 heterocycles. The molecule has 2 unspecified atom stereocenters. The topological polar surface area (TPSA) is 27.3 Å². The number of rotatable bonds is 7. The second-order valence-corrected chi connectivity index (χ2v) is 7.74. The van der Waals surface area contributed by atoms with E-state index in [0.717, 1.165) is 26.2 Å². The lowest BCUT2D eigenvalue weighted by Gasteiger charge is -2.24. The third-order valence-electron chi connectivity index (χ3n) is 5.97. The maximum absolute atomic E-state index is 3.51. The van der Waals surface area contributed by atoms with Gasteiger partial charge < -0.3 is 10.6 Å². The van der Waals surface area contributed by atoms with E-state index >= 15 is 0 Å². The molecule has 0 saturated carbocycles. The van der Waals surface area contributed by atoms with E-state index in [4.69, 9.17) is 0 Å². The summed E-state index contributed by atoms with van der Waals surface area (Å²) in [6.07, 6.45) is 3.70. The summed E-state index contributed by atoms with van der Waals surface area (Å²) in [4.78, 5) is 2.71. The van der Waals surface area contributed by atoms with Crippen LogP contribution in [0.1, 0.15) is 42.4 Å². The molecule has 0 aromatic heterocycles. The van der Waals surface area contributed by atoms with E-state index in [1.54, 1.807) is 0 Å². The van der Waals surface area contributed by atoms with Gasteiger partial charge in [-0.3, -0.25) is 4.90 Å². The lowest BCUT2D eigenvalue weighted by atomic mass is 9.93. The highest BCUT2D eigenvalue weighted by molar-refractivity contribution is 5.57. The van der Waals surface area contributed by atoms with Gasteiger partial charge in [0.05, 0.1) is 0 Å². The van der Waals surface area contributed by atoms with Crippen molar-refractivity contribution in [3.63, 3.8) is 0 Å². The van der Waals surface area contributed by atoms with Gasteiger partial charge in [0.15, 0.2) is 0 Å². The first-order chi connectivity index (χ1) is 12.8. The zero-order valence-corrected chi connectivity index (χ0v) is 15.9. The van der Waals surface area contributed by atoms with Gasteiger partial charge in [-0.15, -0.1) is 0 Å². The van der Waals surface area contributed by atoms with Gasteiger partial charge in [-0.05, 0) is 61.0 Å². The molecule has 2 atom stereocenters. The third kappa shape index (κ3) is 3.94. The smallest absolute Gasteiger partial charge is 0.0373 e. The Balaban J connectivity index is 1.48. The quantitative estimate of drug-likeness (QED) is 0.740. The molecule has 1 fully saturated rings. The molecule has 138 valence electrons. The van der Waals surface area contributed by atoms with Gasteiger partial charge in [0.2, 0.25) is 0 Å². The SMILES string of the molecule is CCNCCC1CC(c2ccc3c(c2)CCN3)CN1Cc1ccccc1. The van der Waals surface area contributed by atoms with Crippen LogP contribution in [0.5, 0.6) is 0 Å². The fourth-order valence-corrected chi connectivity index (χ4v) is 4.56. The number of hydrogen-bond acceptors (Lipinski definition) is 3. The number of anilines is 1. The zero-order valence-electron chi connectivity index (χ0n) is 15.9. The molecule has 0 aliphatic carbocycles. The van der Waals surface area contributed by atoms with Crippen LogP contribution in [0.15, 0.2) is 48.5 Å². The summed E-state index contributed by atoms with van der Waals surface area (Å²) in [6, 6.07) is 18.7. The van der Waals surface area contributed by atoms with Gasteiger partial charge in [0.25, 0.3) is 0 Å². The van der Waals surface area contributed by atoms with E-state index in [-0.39, 0.29) is 0 Å². The Morgan fingerprint density at radius 3 is 2.88 bits per heavy atom. The Morgan fingerprint density at radius 1 is 1.15 bits per heavy atom. The Bertz CT molecular complexity index is 713. The van der Waals surface area contributed by atoms with Gasteiger partial charge in [-0.25, -0.2) is 0 Å². The summed E-state index contributed by atoms with van der Waals surface area (Å²) < 4.78 is 0. The Hall–Kier alpha value is -1.84. The summed E-state index contributed by atoms with van der Waals surface area (Å²) >= 11 is 0. The summed E-state index contributed by atoms with van der Waals surface area (Å²) in [6.45, 7) is 7.71. The van der Waals surface area contributed by atoms with Crippen molar-refractivity contribution < 1.29 is 0 Å². The average molecular weight is 350 g/mol. The van der Waals surface area contributed by atoms with Gasteiger partial charge >= 0.3 is 0 Å². The van der Waals surface area contributed by atoms with Gasteiger partial charge in [-0.1, -0.05) is 49.4 Å². The highest BCUT2D eigenvalue weighted by Gasteiger charge is 2.32. The molecule has 0 radical (unpaired) electrons. The third-order valence-corrected chi connectivity index (χ3v) is 5.97. The Morgan fingerprint density at radius 2 is 2.04 bits per heavy atom. The van der Waals surface area contributed by atoms with Crippen LogP contribution in [-0.2, 0) is 13.0 Å². The predicted octanol–water partition coefficient (Wildman–Crippen LogP) is 4.01. The van der Waals surface area contributed by atoms with Crippen molar-refractivity contribution in [3.05, 3.63) is 65.2 Å². The van der Waals surface area contributed by atoms with Crippen LogP contribution in [0, 0.1) is 0 Å². The van der Waals surface area contributed by atoms with E-state index in [1.165, 1.54) is 48.2 Å². The molecule has 2 N–H and O–H groups in total. The van der Waals surface area contributed by atoms with Crippen molar-refractivity contribution in [1.29, 1.82) is 0 Å². The van der Waals surface area contributed by atoms with Crippen LogP contribution in [-0.4, -0.2) is 37.1 Å². The second-order valence-electron chi connectivity index (χ2n) is 7.74. The lowest BCUT2D eigenvalue weighted by molar-refractivity contribution is 0.232. The molecule has 4 rings (SSSR count). The molecular formula is C23H31N3. The van der Waals surface area contributed by atoms with Crippen LogP contribution < -0.4 is 10.6 Å². The maximum Gasteiger partial charge on any atom is 0.0373 e. The number of hydrogen-bond donors (Lipinski definition) is 2. The fraction of sp³-hybridized carbons (Fsp3) is 0.478. The molecule has 26 heavy (non-hydrogen) atoms. The van der Waals surface area contributed by atoms with Gasteiger partial charge in [0, 0.05) is 31.4 Å². The molecule has 2 aromatic rings. The molecule has 0 amide bonds. The fourth-order valence-electron chi connectivity index (χ4n) is 4.56. The predicted molar refractivity (Wildman–Crippen MR) is 110 cm³/mol. The van der Waals surface area contributed by atoms with Crippen molar-refractivity contribution in [3.8, 4) is 0 Å². The molecule has 1 saturated heterocycles. The van der Waals surface area contributed by atoms with Crippen molar-refractivity contribution in [2.24, 2.45) is 0 Å². The van der Waals surface area contributed by atoms with Crippen molar-refractivity contribution in [2.45, 2.75) is 44.7 Å². The molecule has 2 aliphatic heterocycles. The van der Waals surface area contributed by atoms with E-state index in [1.807, 2.05) is 0 Å². The normalized spacial score (nSPS) is 22.3. The minimum Gasteiger partial charge on any atom is -0.384 e. The minimum atomic E-state index is 0.663. The Kier molecular flexibility index (Phi) is 5.57. The van der Waals surface area contributed by atoms with E-state index in [0.29, 0.717) is 12.0 Å². The highest BCUT2D eigenvalue weighted by atomic mass is 15.2. The molecule has 2 aliphatic rings. The first-order valence-corrected chi connectivity index (χ1v) is 10.2. The van der Waals surface area contributed by atoms with Crippen LogP contribution in [0.25, 0.3) is 0 Å². The van der Waals surface area contributed by atoms with Gasteiger partial charge in [-0.2, -0.15) is 0 Å². The maximum atomic E-state index is 3.51. The van der Waals surface area contributed by atoms with Crippen molar-refractivity contribution in [1.82, 2.24) is 10.2 Å². The number of nitrogens with one attached hydrogen (secondary N) is 2. The minimum absolute atomic E-state index is 0.663. The largest absolute Gasteiger partial charge is 0.384 e. The van der Waals surface area contributed by atoms with Crippen molar-refractivity contribution in [2.75, 3.05) is 31.5 Å². The average Bonchev–Trinajstić information content (AvgIpc) is 3.29. The molecule has 2 aromatic carbocycles. The summed E-state index contributed by atoms with van der Waals surface area (Å²) in [7, 11) is 0. The lowest BCUT2D eigenvalue weighted by Crippen LogP contribution is -2.32. The highest BCUT2D eigenvalue weighted by Crippen LogP contribution is 2.36. The van der Waals surface area contributed by atoms with E-state index < -0.39 is 0 Å². The monoisotopic (exact) mass is 349 g/mol. The molecule has 3 heteroatoms. The summed E-state index contributed by atoms with van der Waals surface area (Å²) in [5, 5.41) is 7.00. The Labute approximate surface area is 157 Å². The number of likely N-dealkylation sites (tertiary alicyclic amines) is 1. The summed E-state index contributed by atoms with van der Waals surface area (Å²) in [5.41, 5.74) is 5.82. The summed E-state index contributed by atoms with van der Waals surface area (Å²) in [5.74, 6) is 0.663. The molecular weight excluding hydrogens is 318 g/mol. The zero-order chi connectivity index (χ0) is 17.8. The first kappa shape index (κ1) is 17.6. The van der Waals surface area contributed by atoms with Crippen LogP contribution >= 0.6 is 0 Å². The molecule has 0 bridgehead atoms. The number of benzene rings is 2. The number of fused-ring (bicyclic) bond motifs is 1. The second kappa shape index (κ2) is 8.24. The number of nitrogens with zero attached hydrogens (tertiary/aromatic N) is 1.